The monoisotopic (exact) mass is 399 g/mol. The normalized spacial score (nSPS) is 17.5. The van der Waals surface area contributed by atoms with Crippen LogP contribution in [0.5, 0.6) is 5.75 Å². The molecule has 1 saturated heterocycles. The van der Waals surface area contributed by atoms with E-state index in [4.69, 9.17) is 14.2 Å². The Morgan fingerprint density at radius 1 is 1.29 bits per heavy atom. The van der Waals surface area contributed by atoms with E-state index in [0.717, 1.165) is 4.47 Å². The summed E-state index contributed by atoms with van der Waals surface area (Å²) in [7, 11) is 1.33. The number of amides is 1. The van der Waals surface area contributed by atoms with E-state index >= 15 is 0 Å². The maximum atomic E-state index is 12.1. The van der Waals surface area contributed by atoms with Gasteiger partial charge in [-0.15, -0.1) is 0 Å². The molecule has 24 heavy (non-hydrogen) atoms. The Labute approximate surface area is 150 Å². The fraction of sp³-hybridized carbons (Fsp3) is 0.529. The number of hydrogen-bond donors (Lipinski definition) is 0. The van der Waals surface area contributed by atoms with Gasteiger partial charge in [-0.25, -0.2) is 9.59 Å². The first-order valence-corrected chi connectivity index (χ1v) is 8.51. The van der Waals surface area contributed by atoms with Crippen LogP contribution in [-0.4, -0.2) is 48.9 Å². The molecule has 0 aromatic heterocycles. The van der Waals surface area contributed by atoms with Crippen molar-refractivity contribution >= 4 is 28.0 Å². The van der Waals surface area contributed by atoms with E-state index in [1.54, 1.807) is 23.1 Å². The maximum Gasteiger partial charge on any atom is 0.410 e. The largest absolute Gasteiger partial charge is 0.487 e. The van der Waals surface area contributed by atoms with Gasteiger partial charge in [-0.3, -0.25) is 0 Å². The fourth-order valence-corrected chi connectivity index (χ4v) is 2.67. The zero-order valence-corrected chi connectivity index (χ0v) is 15.9. The summed E-state index contributed by atoms with van der Waals surface area (Å²) in [5.41, 5.74) is -0.105. The van der Waals surface area contributed by atoms with Crippen LogP contribution in [0.25, 0.3) is 0 Å². The molecule has 1 heterocycles. The molecule has 1 amide bonds. The van der Waals surface area contributed by atoms with E-state index in [9.17, 15) is 9.59 Å². The summed E-state index contributed by atoms with van der Waals surface area (Å²) >= 11 is 3.41. The van der Waals surface area contributed by atoms with Crippen molar-refractivity contribution in [2.45, 2.75) is 38.9 Å². The van der Waals surface area contributed by atoms with Gasteiger partial charge in [0.2, 0.25) is 0 Å². The van der Waals surface area contributed by atoms with Crippen LogP contribution in [0.2, 0.25) is 0 Å². The average molecular weight is 400 g/mol. The Kier molecular flexibility index (Phi) is 5.74. The number of likely N-dealkylation sites (tertiary alicyclic amines) is 1. The lowest BCUT2D eigenvalue weighted by molar-refractivity contribution is 0.0275. The Morgan fingerprint density at radius 3 is 2.62 bits per heavy atom. The lowest BCUT2D eigenvalue weighted by Crippen LogP contribution is -2.36. The van der Waals surface area contributed by atoms with Gasteiger partial charge in [-0.2, -0.15) is 0 Å². The van der Waals surface area contributed by atoms with Crippen molar-refractivity contribution in [3.8, 4) is 5.75 Å². The summed E-state index contributed by atoms with van der Waals surface area (Å²) in [6, 6.07) is 5.03. The van der Waals surface area contributed by atoms with Crippen LogP contribution in [0.15, 0.2) is 22.7 Å². The van der Waals surface area contributed by atoms with Crippen molar-refractivity contribution in [1.29, 1.82) is 0 Å². The molecule has 2 rings (SSSR count). The van der Waals surface area contributed by atoms with Gasteiger partial charge in [-0.1, -0.05) is 0 Å². The Morgan fingerprint density at radius 2 is 2.00 bits per heavy atom. The molecule has 6 nitrogen and oxygen atoms in total. The summed E-state index contributed by atoms with van der Waals surface area (Å²) in [4.78, 5) is 25.3. The third-order valence-electron chi connectivity index (χ3n) is 3.44. The Hall–Kier alpha value is -1.76. The SMILES string of the molecule is COC(=O)c1ccc(Br)c(O[C@H]2CCN(C(=O)OC(C)(C)C)C2)c1. The number of benzene rings is 1. The van der Waals surface area contributed by atoms with Gasteiger partial charge in [0.1, 0.15) is 17.5 Å². The predicted octanol–water partition coefficient (Wildman–Crippen LogP) is 3.62. The van der Waals surface area contributed by atoms with Crippen LogP contribution in [0, 0.1) is 0 Å². The third-order valence-corrected chi connectivity index (χ3v) is 4.10. The van der Waals surface area contributed by atoms with Crippen molar-refractivity contribution < 1.29 is 23.8 Å². The highest BCUT2D eigenvalue weighted by Gasteiger charge is 2.31. The van der Waals surface area contributed by atoms with Crippen LogP contribution in [0.4, 0.5) is 4.79 Å². The topological polar surface area (TPSA) is 65.1 Å². The molecule has 1 aromatic carbocycles. The van der Waals surface area contributed by atoms with Crippen molar-refractivity contribution in [1.82, 2.24) is 4.90 Å². The van der Waals surface area contributed by atoms with Crippen LogP contribution < -0.4 is 4.74 Å². The molecule has 1 atom stereocenters. The van der Waals surface area contributed by atoms with E-state index in [1.807, 2.05) is 20.8 Å². The lowest BCUT2D eigenvalue weighted by Gasteiger charge is -2.24. The smallest absolute Gasteiger partial charge is 0.410 e. The number of rotatable bonds is 3. The Balaban J connectivity index is 2.00. The molecule has 0 N–H and O–H groups in total. The number of halogens is 1. The molecule has 1 aromatic rings. The third kappa shape index (κ3) is 4.87. The minimum atomic E-state index is -0.520. The first-order valence-electron chi connectivity index (χ1n) is 7.72. The van der Waals surface area contributed by atoms with Crippen molar-refractivity contribution in [3.63, 3.8) is 0 Å². The summed E-state index contributed by atoms with van der Waals surface area (Å²) in [6.45, 7) is 6.54. The molecule has 0 aliphatic carbocycles. The standard InChI is InChI=1S/C17H22BrNO5/c1-17(2,3)24-16(21)19-8-7-12(10-19)23-14-9-11(15(20)22-4)5-6-13(14)18/h5-6,9,12H,7-8,10H2,1-4H3/t12-/m0/s1. The summed E-state index contributed by atoms with van der Waals surface area (Å²) in [5, 5.41) is 0. The molecule has 132 valence electrons. The molecule has 0 radical (unpaired) electrons. The highest BCUT2D eigenvalue weighted by atomic mass is 79.9. The molecule has 0 bridgehead atoms. The van der Waals surface area contributed by atoms with Crippen molar-refractivity contribution in [3.05, 3.63) is 28.2 Å². The van der Waals surface area contributed by atoms with Crippen molar-refractivity contribution in [2.24, 2.45) is 0 Å². The van der Waals surface area contributed by atoms with Crippen LogP contribution in [0.1, 0.15) is 37.6 Å². The molecule has 0 spiro atoms. The van der Waals surface area contributed by atoms with Gasteiger partial charge in [0.15, 0.2) is 0 Å². The number of esters is 1. The summed E-state index contributed by atoms with van der Waals surface area (Å²) < 4.78 is 16.8. The van der Waals surface area contributed by atoms with Crippen LogP contribution in [-0.2, 0) is 9.47 Å². The second-order valence-corrected chi connectivity index (χ2v) is 7.45. The minimum Gasteiger partial charge on any atom is -0.487 e. The average Bonchev–Trinajstić information content (AvgIpc) is 2.96. The minimum absolute atomic E-state index is 0.151. The van der Waals surface area contributed by atoms with E-state index in [-0.39, 0.29) is 12.2 Å². The molecular weight excluding hydrogens is 378 g/mol. The zero-order valence-electron chi connectivity index (χ0n) is 14.3. The number of nitrogens with zero attached hydrogens (tertiary/aromatic N) is 1. The van der Waals surface area contributed by atoms with Crippen molar-refractivity contribution in [2.75, 3.05) is 20.2 Å². The lowest BCUT2D eigenvalue weighted by atomic mass is 10.2. The number of carbonyl (C=O) groups is 2. The molecule has 1 aliphatic heterocycles. The highest BCUT2D eigenvalue weighted by Crippen LogP contribution is 2.29. The number of hydrogen-bond acceptors (Lipinski definition) is 5. The second-order valence-electron chi connectivity index (χ2n) is 6.59. The molecule has 1 aliphatic rings. The molecule has 7 heteroatoms. The van der Waals surface area contributed by atoms with Gasteiger partial charge in [-0.05, 0) is 54.9 Å². The second kappa shape index (κ2) is 7.42. The molecular formula is C17H22BrNO5. The van der Waals surface area contributed by atoms with Crippen LogP contribution >= 0.6 is 15.9 Å². The maximum absolute atomic E-state index is 12.1. The number of ether oxygens (including phenoxy) is 3. The zero-order chi connectivity index (χ0) is 17.9. The van der Waals surface area contributed by atoms with E-state index in [0.29, 0.717) is 30.8 Å². The number of carbonyl (C=O) groups excluding carboxylic acids is 2. The summed E-state index contributed by atoms with van der Waals surface area (Å²) in [6.07, 6.45) is 0.214. The van der Waals surface area contributed by atoms with Gasteiger partial charge < -0.3 is 19.1 Å². The van der Waals surface area contributed by atoms with Crippen LogP contribution in [0.3, 0.4) is 0 Å². The van der Waals surface area contributed by atoms with Gasteiger partial charge in [0, 0.05) is 13.0 Å². The van der Waals surface area contributed by atoms with E-state index in [2.05, 4.69) is 15.9 Å². The molecule has 1 fully saturated rings. The highest BCUT2D eigenvalue weighted by molar-refractivity contribution is 9.10. The van der Waals surface area contributed by atoms with Gasteiger partial charge in [0.25, 0.3) is 0 Å². The van der Waals surface area contributed by atoms with Gasteiger partial charge >= 0.3 is 12.1 Å². The Bertz CT molecular complexity index is 626. The number of methoxy groups -OCH3 is 1. The molecule has 0 saturated carbocycles. The van der Waals surface area contributed by atoms with E-state index < -0.39 is 11.6 Å². The first kappa shape index (κ1) is 18.6. The molecule has 0 unspecified atom stereocenters. The quantitative estimate of drug-likeness (QED) is 0.726. The van der Waals surface area contributed by atoms with E-state index in [1.165, 1.54) is 7.11 Å². The fourth-order valence-electron chi connectivity index (χ4n) is 2.33. The van der Waals surface area contributed by atoms with Gasteiger partial charge in [0.05, 0.1) is 23.7 Å². The first-order chi connectivity index (χ1) is 11.2. The predicted molar refractivity (Wildman–Crippen MR) is 92.3 cm³/mol. The summed E-state index contributed by atoms with van der Waals surface area (Å²) in [5.74, 6) is 0.128.